The molecule has 0 spiro atoms. The topological polar surface area (TPSA) is 72.2 Å². The summed E-state index contributed by atoms with van der Waals surface area (Å²) in [6.07, 6.45) is 3.33. The maximum absolute atomic E-state index is 11.4. The van der Waals surface area contributed by atoms with Crippen molar-refractivity contribution in [3.63, 3.8) is 0 Å². The summed E-state index contributed by atoms with van der Waals surface area (Å²) in [6.45, 7) is 1.90. The minimum Gasteiger partial charge on any atom is -0.353 e. The molecule has 88 valence electrons. The summed E-state index contributed by atoms with van der Waals surface area (Å²) in [5.74, 6) is 1.10. The smallest absolute Gasteiger partial charge is 0.221 e. The van der Waals surface area contributed by atoms with Crippen molar-refractivity contribution < 1.29 is 9.00 Å². The van der Waals surface area contributed by atoms with Crippen LogP contribution in [0, 0.1) is 0 Å². The first kappa shape index (κ1) is 12.6. The van der Waals surface area contributed by atoms with Gasteiger partial charge in [-0.3, -0.25) is 9.00 Å². The Morgan fingerprint density at radius 3 is 2.73 bits per heavy atom. The van der Waals surface area contributed by atoms with Crippen LogP contribution in [0.2, 0.25) is 0 Å². The number of amides is 1. The summed E-state index contributed by atoms with van der Waals surface area (Å²) >= 11 is 0. The van der Waals surface area contributed by atoms with Crippen molar-refractivity contribution in [1.29, 1.82) is 0 Å². The highest BCUT2D eigenvalue weighted by atomic mass is 32.2. The highest BCUT2D eigenvalue weighted by molar-refractivity contribution is 7.84. The van der Waals surface area contributed by atoms with Crippen molar-refractivity contribution in [1.82, 2.24) is 5.32 Å². The second kappa shape index (κ2) is 6.23. The van der Waals surface area contributed by atoms with Crippen molar-refractivity contribution in [2.45, 2.75) is 44.7 Å². The van der Waals surface area contributed by atoms with Gasteiger partial charge in [0.25, 0.3) is 0 Å². The van der Waals surface area contributed by atoms with Gasteiger partial charge >= 0.3 is 0 Å². The normalized spacial score (nSPS) is 19.6. The molecule has 0 bridgehead atoms. The molecule has 0 aromatic carbocycles. The maximum Gasteiger partial charge on any atom is 0.221 e. The fraction of sp³-hybridized carbons (Fsp3) is 0.900. The number of hydrogen-bond donors (Lipinski definition) is 2. The van der Waals surface area contributed by atoms with E-state index in [1.165, 1.54) is 0 Å². The molecule has 0 aromatic rings. The van der Waals surface area contributed by atoms with Gasteiger partial charge in [-0.15, -0.1) is 0 Å². The summed E-state index contributed by atoms with van der Waals surface area (Å²) < 4.78 is 11.4. The van der Waals surface area contributed by atoms with Crippen LogP contribution in [0.1, 0.15) is 32.6 Å². The van der Waals surface area contributed by atoms with Crippen LogP contribution in [-0.4, -0.2) is 33.7 Å². The van der Waals surface area contributed by atoms with Crippen molar-refractivity contribution in [2.24, 2.45) is 5.73 Å². The largest absolute Gasteiger partial charge is 0.353 e. The molecule has 3 N–H and O–H groups in total. The molecule has 1 rings (SSSR count). The number of nitrogens with one attached hydrogen (secondary N) is 1. The van der Waals surface area contributed by atoms with Gasteiger partial charge in [-0.05, 0) is 26.2 Å². The van der Waals surface area contributed by atoms with Gasteiger partial charge in [0.15, 0.2) is 0 Å². The van der Waals surface area contributed by atoms with E-state index >= 15 is 0 Å². The van der Waals surface area contributed by atoms with Crippen LogP contribution in [-0.2, 0) is 15.6 Å². The van der Waals surface area contributed by atoms with Crippen molar-refractivity contribution in [2.75, 3.05) is 11.5 Å². The van der Waals surface area contributed by atoms with Gasteiger partial charge in [0.1, 0.15) is 0 Å². The fourth-order valence-corrected chi connectivity index (χ4v) is 2.41. The van der Waals surface area contributed by atoms with Crippen LogP contribution in [0.25, 0.3) is 0 Å². The first-order chi connectivity index (χ1) is 7.08. The van der Waals surface area contributed by atoms with E-state index in [0.29, 0.717) is 24.0 Å². The molecule has 4 nitrogen and oxygen atoms in total. The van der Waals surface area contributed by atoms with Crippen LogP contribution in [0.4, 0.5) is 0 Å². The molecule has 0 heterocycles. The number of rotatable bonds is 7. The van der Waals surface area contributed by atoms with E-state index in [2.05, 4.69) is 5.32 Å². The van der Waals surface area contributed by atoms with Crippen LogP contribution < -0.4 is 11.1 Å². The molecule has 15 heavy (non-hydrogen) atoms. The standard InChI is InChI=1S/C10H20N2O2S/c1-8(11)4-6-15(14)7-5-10(13)12-9-2-3-9/h8-9H,2-7,11H2,1H3,(H,12,13). The predicted octanol–water partition coefficient (Wildman–Crippen LogP) is 0.141. The highest BCUT2D eigenvalue weighted by Gasteiger charge is 2.23. The van der Waals surface area contributed by atoms with E-state index in [0.717, 1.165) is 19.3 Å². The van der Waals surface area contributed by atoms with E-state index in [9.17, 15) is 9.00 Å². The molecule has 0 aromatic heterocycles. The minimum absolute atomic E-state index is 0.0339. The van der Waals surface area contributed by atoms with E-state index in [4.69, 9.17) is 5.73 Å². The molecular formula is C10H20N2O2S. The number of carbonyl (C=O) groups is 1. The second-order valence-corrected chi connectivity index (χ2v) is 5.90. The average Bonchev–Trinajstić information content (AvgIpc) is 2.95. The molecule has 0 aliphatic heterocycles. The molecule has 1 saturated carbocycles. The first-order valence-electron chi connectivity index (χ1n) is 5.48. The van der Waals surface area contributed by atoms with E-state index in [1.54, 1.807) is 0 Å². The van der Waals surface area contributed by atoms with Gasteiger partial charge in [-0.1, -0.05) is 0 Å². The molecule has 1 aliphatic carbocycles. The average molecular weight is 232 g/mol. The number of carbonyl (C=O) groups excluding carboxylic acids is 1. The molecule has 0 radical (unpaired) electrons. The summed E-state index contributed by atoms with van der Waals surface area (Å²) in [7, 11) is -0.896. The van der Waals surface area contributed by atoms with Gasteiger partial charge < -0.3 is 11.1 Å². The Hall–Kier alpha value is -0.420. The summed E-state index contributed by atoms with van der Waals surface area (Å²) in [6, 6.07) is 0.490. The molecule has 1 amide bonds. The molecule has 2 atom stereocenters. The molecule has 1 fully saturated rings. The van der Waals surface area contributed by atoms with Crippen molar-refractivity contribution >= 4 is 16.7 Å². The van der Waals surface area contributed by atoms with Crippen LogP contribution in [0.15, 0.2) is 0 Å². The maximum atomic E-state index is 11.4. The van der Waals surface area contributed by atoms with Crippen LogP contribution in [0.5, 0.6) is 0 Å². The number of hydrogen-bond acceptors (Lipinski definition) is 3. The second-order valence-electron chi connectivity index (χ2n) is 4.21. The lowest BCUT2D eigenvalue weighted by molar-refractivity contribution is -0.120. The molecular weight excluding hydrogens is 212 g/mol. The van der Waals surface area contributed by atoms with Crippen molar-refractivity contribution in [3.8, 4) is 0 Å². The Labute approximate surface area is 93.4 Å². The van der Waals surface area contributed by atoms with E-state index in [-0.39, 0.29) is 11.9 Å². The molecule has 0 saturated heterocycles. The summed E-state index contributed by atoms with van der Waals surface area (Å²) in [5, 5.41) is 2.88. The lowest BCUT2D eigenvalue weighted by atomic mass is 10.3. The lowest BCUT2D eigenvalue weighted by Crippen LogP contribution is -2.27. The summed E-state index contributed by atoms with van der Waals surface area (Å²) in [4.78, 5) is 11.3. The third-order valence-electron chi connectivity index (χ3n) is 2.30. The van der Waals surface area contributed by atoms with Crippen LogP contribution in [0.3, 0.4) is 0 Å². The zero-order valence-corrected chi connectivity index (χ0v) is 10.0. The molecule has 5 heteroatoms. The number of nitrogens with two attached hydrogens (primary N) is 1. The van der Waals surface area contributed by atoms with Gasteiger partial charge in [0.2, 0.25) is 5.91 Å². The van der Waals surface area contributed by atoms with E-state index in [1.807, 2.05) is 6.92 Å². The van der Waals surface area contributed by atoms with Crippen LogP contribution >= 0.6 is 0 Å². The van der Waals surface area contributed by atoms with E-state index < -0.39 is 10.8 Å². The lowest BCUT2D eigenvalue weighted by Gasteiger charge is -2.05. The Balaban J connectivity index is 2.02. The van der Waals surface area contributed by atoms with Crippen molar-refractivity contribution in [3.05, 3.63) is 0 Å². The summed E-state index contributed by atoms with van der Waals surface area (Å²) in [5.41, 5.74) is 5.56. The SMILES string of the molecule is CC(N)CCS(=O)CCC(=O)NC1CC1. The zero-order valence-electron chi connectivity index (χ0n) is 9.20. The van der Waals surface area contributed by atoms with Gasteiger partial charge in [-0.25, -0.2) is 0 Å². The first-order valence-corrected chi connectivity index (χ1v) is 6.96. The quantitative estimate of drug-likeness (QED) is 0.656. The van der Waals surface area contributed by atoms with Gasteiger partial charge in [0, 0.05) is 40.8 Å². The fourth-order valence-electron chi connectivity index (χ4n) is 1.15. The predicted molar refractivity (Wildman–Crippen MR) is 61.9 cm³/mol. The zero-order chi connectivity index (χ0) is 11.3. The highest BCUT2D eigenvalue weighted by Crippen LogP contribution is 2.18. The Morgan fingerprint density at radius 2 is 2.20 bits per heavy atom. The molecule has 2 unspecified atom stereocenters. The van der Waals surface area contributed by atoms with Gasteiger partial charge in [0.05, 0.1) is 0 Å². The Morgan fingerprint density at radius 1 is 1.53 bits per heavy atom. The Kier molecular flexibility index (Phi) is 5.25. The Bertz CT molecular complexity index is 240. The monoisotopic (exact) mass is 232 g/mol. The minimum atomic E-state index is -0.896. The third kappa shape index (κ3) is 6.62. The third-order valence-corrected chi connectivity index (χ3v) is 3.65. The molecule has 1 aliphatic rings. The van der Waals surface area contributed by atoms with Gasteiger partial charge in [-0.2, -0.15) is 0 Å².